The van der Waals surface area contributed by atoms with Crippen molar-refractivity contribution in [2.24, 2.45) is 12.1 Å². The van der Waals surface area contributed by atoms with Crippen molar-refractivity contribution < 1.29 is 32.1 Å². The van der Waals surface area contributed by atoms with Crippen molar-refractivity contribution in [2.45, 2.75) is 12.5 Å². The third-order valence-electron chi connectivity index (χ3n) is 3.73. The van der Waals surface area contributed by atoms with E-state index in [1.165, 1.54) is 46.3 Å². The highest BCUT2D eigenvalue weighted by Gasteiger charge is 2.43. The quantitative estimate of drug-likeness (QED) is 0.262. The topological polar surface area (TPSA) is 66.3 Å². The number of rotatable bonds is 6. The average Bonchev–Trinajstić information content (AvgIpc) is 3.06. The first-order valence-electron chi connectivity index (χ1n) is 8.07. The highest BCUT2D eigenvalue weighted by molar-refractivity contribution is 6.33. The third kappa shape index (κ3) is 4.83. The van der Waals surface area contributed by atoms with Gasteiger partial charge in [-0.15, -0.1) is 14.5 Å². The lowest BCUT2D eigenvalue weighted by Gasteiger charge is -2.17. The molecule has 1 heterocycles. The number of benzene rings is 2. The van der Waals surface area contributed by atoms with Gasteiger partial charge in [0, 0.05) is 21.6 Å². The molecule has 11 heteroatoms. The maximum absolute atomic E-state index is 13.0. The van der Waals surface area contributed by atoms with Gasteiger partial charge in [0.2, 0.25) is 6.33 Å². The largest absolute Gasteiger partial charge is 0.856 e. The smallest absolute Gasteiger partial charge is 0.461 e. The van der Waals surface area contributed by atoms with Crippen LogP contribution in [0, 0.1) is 0 Å². The van der Waals surface area contributed by atoms with Gasteiger partial charge in [-0.3, -0.25) is 0 Å². The second-order valence-electron chi connectivity index (χ2n) is 5.89. The number of hydrogen-bond donors (Lipinski definition) is 0. The predicted octanol–water partition coefficient (Wildman–Crippen LogP) is 2.83. The number of aryl methyl sites for hydroxylation is 1. The summed E-state index contributed by atoms with van der Waals surface area (Å²) in [6.07, 6.45) is -5.68. The van der Waals surface area contributed by atoms with Gasteiger partial charge in [-0.25, -0.2) is 0 Å². The maximum atomic E-state index is 13.0. The van der Waals surface area contributed by atoms with Crippen LogP contribution in [0.5, 0.6) is 5.75 Å². The summed E-state index contributed by atoms with van der Waals surface area (Å²) in [7, 11) is 1.67. The lowest BCUT2D eigenvalue weighted by atomic mass is 10.0. The van der Waals surface area contributed by atoms with E-state index in [1.54, 1.807) is 13.1 Å². The van der Waals surface area contributed by atoms with E-state index in [-0.39, 0.29) is 10.6 Å². The summed E-state index contributed by atoms with van der Waals surface area (Å²) in [6.45, 7) is 0. The molecular formula is C18H13ClF4N4O2. The van der Waals surface area contributed by atoms with E-state index in [2.05, 4.69) is 14.9 Å². The van der Waals surface area contributed by atoms with Crippen molar-refractivity contribution >= 4 is 17.5 Å². The summed E-state index contributed by atoms with van der Waals surface area (Å²) in [5.41, 5.74) is 1.25. The first kappa shape index (κ1) is 20.6. The molecule has 0 aliphatic heterocycles. The van der Waals surface area contributed by atoms with Crippen LogP contribution in [-0.4, -0.2) is 28.2 Å². The fourth-order valence-electron chi connectivity index (χ4n) is 2.37. The van der Waals surface area contributed by atoms with E-state index < -0.39 is 24.2 Å². The fraction of sp³-hybridized carbons (Fsp3) is 0.167. The minimum absolute atomic E-state index is 0.216. The van der Waals surface area contributed by atoms with Crippen molar-refractivity contribution in [3.8, 4) is 16.9 Å². The van der Waals surface area contributed by atoms with E-state index in [0.717, 1.165) is 12.1 Å². The highest BCUT2D eigenvalue weighted by Crippen LogP contribution is 2.32. The Balaban J connectivity index is 1.81. The molecule has 0 unspecified atom stereocenters. The predicted molar refractivity (Wildman–Crippen MR) is 93.8 cm³/mol. The molecule has 0 fully saturated rings. The minimum atomic E-state index is -4.59. The Morgan fingerprint density at radius 1 is 1.24 bits per heavy atom. The Morgan fingerprint density at radius 2 is 1.93 bits per heavy atom. The van der Waals surface area contributed by atoms with Gasteiger partial charge in [0.15, 0.2) is 0 Å². The molecule has 152 valence electrons. The zero-order valence-corrected chi connectivity index (χ0v) is 15.5. The van der Waals surface area contributed by atoms with Crippen LogP contribution in [0.3, 0.4) is 0 Å². The van der Waals surface area contributed by atoms with E-state index in [0.29, 0.717) is 11.1 Å². The zero-order valence-electron chi connectivity index (χ0n) is 14.8. The van der Waals surface area contributed by atoms with Crippen molar-refractivity contribution in [1.29, 1.82) is 0 Å². The molecule has 1 aromatic heterocycles. The van der Waals surface area contributed by atoms with Crippen LogP contribution in [0.4, 0.5) is 17.6 Å². The van der Waals surface area contributed by atoms with Crippen LogP contribution in [-0.2, 0) is 7.05 Å². The van der Waals surface area contributed by atoms with Crippen LogP contribution in [0.25, 0.3) is 11.1 Å². The highest BCUT2D eigenvalue weighted by atomic mass is 35.5. The van der Waals surface area contributed by atoms with Crippen LogP contribution in [0.1, 0.15) is 5.56 Å². The molecule has 0 aliphatic rings. The number of halogens is 5. The van der Waals surface area contributed by atoms with E-state index in [4.69, 9.17) is 11.6 Å². The van der Waals surface area contributed by atoms with Crippen LogP contribution in [0.15, 0.2) is 60.2 Å². The lowest BCUT2D eigenvalue weighted by Crippen LogP contribution is -2.33. The Hall–Kier alpha value is -3.14. The van der Waals surface area contributed by atoms with Gasteiger partial charge in [-0.2, -0.15) is 17.6 Å². The summed E-state index contributed by atoms with van der Waals surface area (Å²) in [5.74, 6) is -0.969. The molecule has 0 aliphatic carbocycles. The van der Waals surface area contributed by atoms with Crippen LogP contribution in [0.2, 0.25) is 5.02 Å². The molecule has 0 spiro atoms. The van der Waals surface area contributed by atoms with Gasteiger partial charge >= 0.3 is 12.5 Å². The van der Waals surface area contributed by atoms with Gasteiger partial charge in [-0.05, 0) is 29.3 Å². The molecule has 6 nitrogen and oxygen atoms in total. The molecule has 3 rings (SSSR count). The third-order valence-corrected chi connectivity index (χ3v) is 4.05. The van der Waals surface area contributed by atoms with E-state index in [9.17, 15) is 22.7 Å². The lowest BCUT2D eigenvalue weighted by molar-refractivity contribution is -0.682. The van der Waals surface area contributed by atoms with Crippen LogP contribution < -0.4 is 14.5 Å². The van der Waals surface area contributed by atoms with Gasteiger partial charge in [0.25, 0.3) is 6.33 Å². The zero-order chi connectivity index (χ0) is 21.2. The summed E-state index contributed by atoms with van der Waals surface area (Å²) < 4.78 is 57.0. The molecule has 0 amide bonds. The molecular weight excluding hydrogens is 416 g/mol. The van der Waals surface area contributed by atoms with E-state index >= 15 is 0 Å². The monoisotopic (exact) mass is 428 g/mol. The van der Waals surface area contributed by atoms with Gasteiger partial charge in [0.1, 0.15) is 5.75 Å². The van der Waals surface area contributed by atoms with Gasteiger partial charge in [-0.1, -0.05) is 35.9 Å². The SMILES string of the molecule is Cn1c[n+](N=C([O-])c2ccc(-c3ccc(OC(F)(F)C(F)F)cc3)c(Cl)c2)cn1. The van der Waals surface area contributed by atoms with Gasteiger partial charge < -0.3 is 9.84 Å². The van der Waals surface area contributed by atoms with Crippen molar-refractivity contribution in [3.63, 3.8) is 0 Å². The maximum Gasteiger partial charge on any atom is 0.461 e. The minimum Gasteiger partial charge on any atom is -0.856 e. The molecule has 3 aromatic rings. The molecule has 0 saturated heterocycles. The Morgan fingerprint density at radius 3 is 2.48 bits per heavy atom. The molecule has 29 heavy (non-hydrogen) atoms. The molecule has 2 aromatic carbocycles. The number of ether oxygens (including phenoxy) is 1. The van der Waals surface area contributed by atoms with E-state index in [1.807, 2.05) is 0 Å². The number of hydrogen-bond acceptors (Lipinski definition) is 4. The molecule has 0 radical (unpaired) electrons. The number of alkyl halides is 4. The van der Waals surface area contributed by atoms with Crippen molar-refractivity contribution in [1.82, 2.24) is 9.78 Å². The fourth-order valence-corrected chi connectivity index (χ4v) is 2.66. The van der Waals surface area contributed by atoms with Crippen LogP contribution >= 0.6 is 11.6 Å². The Kier molecular flexibility index (Phi) is 5.73. The molecule has 0 N–H and O–H groups in total. The van der Waals surface area contributed by atoms with Crippen molar-refractivity contribution in [2.75, 3.05) is 0 Å². The normalized spacial score (nSPS) is 12.4. The second kappa shape index (κ2) is 8.08. The number of aromatic nitrogens is 3. The first-order chi connectivity index (χ1) is 13.7. The Bertz CT molecular complexity index is 1040. The second-order valence-corrected chi connectivity index (χ2v) is 6.30. The van der Waals surface area contributed by atoms with Gasteiger partial charge in [0.05, 0.1) is 7.05 Å². The summed E-state index contributed by atoms with van der Waals surface area (Å²) in [6, 6.07) is 9.48. The molecule has 0 saturated carbocycles. The van der Waals surface area contributed by atoms with Crippen molar-refractivity contribution in [3.05, 3.63) is 65.7 Å². The Labute approximate surface area is 167 Å². The molecule has 0 atom stereocenters. The summed E-state index contributed by atoms with van der Waals surface area (Å²) >= 11 is 6.24. The number of nitrogens with zero attached hydrogens (tertiary/aromatic N) is 4. The average molecular weight is 429 g/mol. The molecule has 0 bridgehead atoms. The summed E-state index contributed by atoms with van der Waals surface area (Å²) in [5, 5.41) is 20.2. The standard InChI is InChI=1S/C18H13ClF4N4O2/c1-26-10-27(9-24-26)25-16(28)12-4-7-14(15(19)8-12)11-2-5-13(6-3-11)29-18(22,23)17(20)21/h2-10,17H,1H3. The first-order valence-corrected chi connectivity index (χ1v) is 8.45. The summed E-state index contributed by atoms with van der Waals surface area (Å²) in [4.78, 5) is 0.